The Labute approximate surface area is 150 Å². The Hall–Kier alpha value is -2.38. The first-order valence-electron chi connectivity index (χ1n) is 8.51. The summed E-state index contributed by atoms with van der Waals surface area (Å²) in [4.78, 5) is 27.1. The second-order valence-electron chi connectivity index (χ2n) is 7.50. The highest BCUT2D eigenvalue weighted by Gasteiger charge is 2.43. The Morgan fingerprint density at radius 2 is 2.00 bits per heavy atom. The maximum atomic E-state index is 14.7. The number of hydrogen-bond acceptors (Lipinski definition) is 4. The number of nitrogens with zero attached hydrogens (tertiary/aromatic N) is 2. The zero-order chi connectivity index (χ0) is 19.1. The van der Waals surface area contributed by atoms with Gasteiger partial charge in [-0.25, -0.2) is 13.6 Å². The number of ether oxygens (including phenoxy) is 2. The molecule has 0 N–H and O–H groups in total. The van der Waals surface area contributed by atoms with Gasteiger partial charge in [0.1, 0.15) is 23.8 Å². The Morgan fingerprint density at radius 3 is 2.65 bits per heavy atom. The van der Waals surface area contributed by atoms with Crippen LogP contribution in [0.1, 0.15) is 20.8 Å². The molecule has 2 aliphatic heterocycles. The summed E-state index contributed by atoms with van der Waals surface area (Å²) < 4.78 is 38.5. The van der Waals surface area contributed by atoms with Gasteiger partial charge in [0.25, 0.3) is 5.91 Å². The van der Waals surface area contributed by atoms with E-state index in [0.29, 0.717) is 5.69 Å². The molecule has 0 saturated carbocycles. The summed E-state index contributed by atoms with van der Waals surface area (Å²) in [5, 5.41) is 0. The molecular formula is C18H22F2N2O4. The highest BCUT2D eigenvalue weighted by Crippen LogP contribution is 2.34. The average Bonchev–Trinajstić information content (AvgIpc) is 2.50. The number of carbonyl (C=O) groups is 2. The maximum absolute atomic E-state index is 14.7. The van der Waals surface area contributed by atoms with Gasteiger partial charge in [0.2, 0.25) is 0 Å². The minimum absolute atomic E-state index is 0.127. The van der Waals surface area contributed by atoms with Gasteiger partial charge in [0, 0.05) is 25.1 Å². The fourth-order valence-electron chi connectivity index (χ4n) is 2.95. The summed E-state index contributed by atoms with van der Waals surface area (Å²) in [6, 6.07) is 3.78. The van der Waals surface area contributed by atoms with Crippen LogP contribution in [0, 0.1) is 11.7 Å². The smallest absolute Gasteiger partial charge is 0.410 e. The summed E-state index contributed by atoms with van der Waals surface area (Å²) in [6.07, 6.45) is -2.26. The van der Waals surface area contributed by atoms with Gasteiger partial charge in [0.15, 0.2) is 6.17 Å². The van der Waals surface area contributed by atoms with Crippen LogP contribution in [0.5, 0.6) is 5.75 Å². The molecule has 1 aromatic rings. The van der Waals surface area contributed by atoms with Crippen LogP contribution < -0.4 is 9.64 Å². The Balaban J connectivity index is 1.61. The van der Waals surface area contributed by atoms with Gasteiger partial charge in [-0.1, -0.05) is 0 Å². The van der Waals surface area contributed by atoms with E-state index in [0.717, 1.165) is 0 Å². The summed E-state index contributed by atoms with van der Waals surface area (Å²) in [6.45, 7) is 5.88. The molecule has 0 unspecified atom stereocenters. The minimum Gasteiger partial charge on any atom is -0.489 e. The fourth-order valence-corrected chi connectivity index (χ4v) is 2.95. The summed E-state index contributed by atoms with van der Waals surface area (Å²) >= 11 is 0. The van der Waals surface area contributed by atoms with E-state index in [-0.39, 0.29) is 32.0 Å². The predicted molar refractivity (Wildman–Crippen MR) is 90.4 cm³/mol. The molecular weight excluding hydrogens is 346 g/mol. The standard InChI is InChI=1S/C18H22F2N2O4/c1-18(2,3)26-17(24)21-9-11(10-21)15(20)16(23)22-6-7-25-14-8-12(19)4-5-13(14)22/h4-5,8,11,15H,6-7,9-10H2,1-3H3/t15-/m1/s1. The summed E-state index contributed by atoms with van der Waals surface area (Å²) in [5.41, 5.74) is -0.270. The lowest BCUT2D eigenvalue weighted by molar-refractivity contribution is -0.128. The molecule has 6 nitrogen and oxygen atoms in total. The lowest BCUT2D eigenvalue weighted by Gasteiger charge is -2.41. The molecule has 0 radical (unpaired) electrons. The molecule has 0 aromatic heterocycles. The predicted octanol–water partition coefficient (Wildman–Crippen LogP) is 2.76. The number of carbonyl (C=O) groups excluding carboxylic acids is 2. The molecule has 2 amide bonds. The molecule has 142 valence electrons. The van der Waals surface area contributed by atoms with Gasteiger partial charge < -0.3 is 19.3 Å². The molecule has 0 bridgehead atoms. The van der Waals surface area contributed by atoms with Crippen LogP contribution in [0.2, 0.25) is 0 Å². The van der Waals surface area contributed by atoms with E-state index in [4.69, 9.17) is 9.47 Å². The van der Waals surface area contributed by atoms with Crippen molar-refractivity contribution in [3.05, 3.63) is 24.0 Å². The highest BCUT2D eigenvalue weighted by molar-refractivity contribution is 5.98. The van der Waals surface area contributed by atoms with Crippen LogP contribution >= 0.6 is 0 Å². The zero-order valence-corrected chi connectivity index (χ0v) is 15.0. The molecule has 1 fully saturated rings. The van der Waals surface area contributed by atoms with E-state index in [1.54, 1.807) is 20.8 Å². The number of rotatable bonds is 2. The van der Waals surface area contributed by atoms with Crippen LogP contribution in [0.3, 0.4) is 0 Å². The second kappa shape index (κ2) is 6.74. The van der Waals surface area contributed by atoms with Crippen molar-refractivity contribution in [3.8, 4) is 5.75 Å². The topological polar surface area (TPSA) is 59.1 Å². The third-order valence-electron chi connectivity index (χ3n) is 4.26. The minimum atomic E-state index is -1.75. The van der Waals surface area contributed by atoms with Crippen molar-refractivity contribution >= 4 is 17.7 Å². The van der Waals surface area contributed by atoms with Gasteiger partial charge in [0.05, 0.1) is 12.2 Å². The number of halogens is 2. The Bertz CT molecular complexity index is 714. The van der Waals surface area contributed by atoms with Gasteiger partial charge >= 0.3 is 6.09 Å². The summed E-state index contributed by atoms with van der Waals surface area (Å²) in [5.74, 6) is -1.54. The third kappa shape index (κ3) is 3.73. The van der Waals surface area contributed by atoms with Gasteiger partial charge in [-0.15, -0.1) is 0 Å². The Morgan fingerprint density at radius 1 is 1.31 bits per heavy atom. The summed E-state index contributed by atoms with van der Waals surface area (Å²) in [7, 11) is 0. The van der Waals surface area contributed by atoms with Crippen molar-refractivity contribution < 1.29 is 27.8 Å². The first-order valence-corrected chi connectivity index (χ1v) is 8.51. The van der Waals surface area contributed by atoms with Crippen LogP contribution in [-0.4, -0.2) is 54.9 Å². The van der Waals surface area contributed by atoms with E-state index in [2.05, 4.69) is 0 Å². The molecule has 0 spiro atoms. The van der Waals surface area contributed by atoms with Crippen molar-refractivity contribution in [1.82, 2.24) is 4.90 Å². The number of alkyl halides is 1. The third-order valence-corrected chi connectivity index (χ3v) is 4.26. The van der Waals surface area contributed by atoms with Crippen LogP contribution in [-0.2, 0) is 9.53 Å². The zero-order valence-electron chi connectivity index (χ0n) is 15.0. The molecule has 1 atom stereocenters. The molecule has 26 heavy (non-hydrogen) atoms. The van der Waals surface area contributed by atoms with Crippen molar-refractivity contribution in [2.24, 2.45) is 5.92 Å². The quantitative estimate of drug-likeness (QED) is 0.805. The van der Waals surface area contributed by atoms with Crippen LogP contribution in [0.4, 0.5) is 19.3 Å². The van der Waals surface area contributed by atoms with Crippen LogP contribution in [0.25, 0.3) is 0 Å². The highest BCUT2D eigenvalue weighted by atomic mass is 19.1. The number of hydrogen-bond donors (Lipinski definition) is 0. The van der Waals surface area contributed by atoms with Crippen molar-refractivity contribution in [1.29, 1.82) is 0 Å². The van der Waals surface area contributed by atoms with Gasteiger partial charge in [-0.3, -0.25) is 4.79 Å². The number of anilines is 1. The van der Waals surface area contributed by atoms with E-state index in [1.807, 2.05) is 0 Å². The normalized spacial score (nSPS) is 18.5. The van der Waals surface area contributed by atoms with Crippen molar-refractivity contribution in [2.45, 2.75) is 32.5 Å². The lowest BCUT2D eigenvalue weighted by Crippen LogP contribution is -2.58. The van der Waals surface area contributed by atoms with Crippen molar-refractivity contribution in [2.75, 3.05) is 31.1 Å². The monoisotopic (exact) mass is 368 g/mol. The van der Waals surface area contributed by atoms with E-state index < -0.39 is 35.5 Å². The lowest BCUT2D eigenvalue weighted by atomic mass is 9.94. The largest absolute Gasteiger partial charge is 0.489 e. The molecule has 2 heterocycles. The molecule has 2 aliphatic rings. The second-order valence-corrected chi connectivity index (χ2v) is 7.50. The first kappa shape index (κ1) is 18.4. The molecule has 1 aromatic carbocycles. The average molecular weight is 368 g/mol. The Kier molecular flexibility index (Phi) is 4.77. The first-order chi connectivity index (χ1) is 12.2. The van der Waals surface area contributed by atoms with Gasteiger partial charge in [-0.05, 0) is 32.9 Å². The van der Waals surface area contributed by atoms with Crippen LogP contribution in [0.15, 0.2) is 18.2 Å². The molecule has 3 rings (SSSR count). The van der Waals surface area contributed by atoms with Gasteiger partial charge in [-0.2, -0.15) is 0 Å². The van der Waals surface area contributed by atoms with Crippen molar-refractivity contribution in [3.63, 3.8) is 0 Å². The molecule has 8 heteroatoms. The van der Waals surface area contributed by atoms with E-state index in [1.165, 1.54) is 28.0 Å². The molecule has 0 aliphatic carbocycles. The van der Waals surface area contributed by atoms with E-state index in [9.17, 15) is 18.4 Å². The van der Waals surface area contributed by atoms with E-state index >= 15 is 0 Å². The maximum Gasteiger partial charge on any atom is 0.410 e. The SMILES string of the molecule is CC(C)(C)OC(=O)N1CC([C@@H](F)C(=O)N2CCOc3cc(F)ccc32)C1. The number of amides is 2. The molecule has 1 saturated heterocycles. The fraction of sp³-hybridized carbons (Fsp3) is 0.556. The number of fused-ring (bicyclic) bond motifs is 1. The number of benzene rings is 1. The number of likely N-dealkylation sites (tertiary alicyclic amines) is 1.